The topological polar surface area (TPSA) is 86.5 Å². The van der Waals surface area contributed by atoms with E-state index in [2.05, 4.69) is 34.5 Å². The van der Waals surface area contributed by atoms with E-state index in [0.717, 1.165) is 56.8 Å². The Kier molecular flexibility index (Phi) is 7.37. The highest BCUT2D eigenvalue weighted by atomic mass is 16.5. The fourth-order valence-electron chi connectivity index (χ4n) is 6.11. The van der Waals surface area contributed by atoms with E-state index < -0.39 is 0 Å². The first-order valence-corrected chi connectivity index (χ1v) is 12.3. The molecule has 4 rings (SSSR count). The van der Waals surface area contributed by atoms with Crippen molar-refractivity contribution < 1.29 is 9.53 Å². The molecule has 1 aromatic rings. The molecule has 0 bridgehead atoms. The summed E-state index contributed by atoms with van der Waals surface area (Å²) in [5, 5.41) is 6.54. The summed E-state index contributed by atoms with van der Waals surface area (Å²) >= 11 is 0. The fraction of sp³-hybridized carbons (Fsp3) is 0.760. The molecule has 1 aliphatic carbocycles. The summed E-state index contributed by atoms with van der Waals surface area (Å²) < 4.78 is 5.58. The highest BCUT2D eigenvalue weighted by Gasteiger charge is 2.44. The largest absolute Gasteiger partial charge is 0.381 e. The average molecular weight is 445 g/mol. The minimum atomic E-state index is -0.102. The van der Waals surface area contributed by atoms with Gasteiger partial charge >= 0.3 is 0 Å². The van der Waals surface area contributed by atoms with E-state index in [1.54, 1.807) is 0 Å². The van der Waals surface area contributed by atoms with Gasteiger partial charge in [0.2, 0.25) is 5.91 Å². The number of aryl methyl sites for hydroxylation is 2. The average Bonchev–Trinajstić information content (AvgIpc) is 2.72. The van der Waals surface area contributed by atoms with Crippen molar-refractivity contribution in [1.82, 2.24) is 20.5 Å². The first-order valence-electron chi connectivity index (χ1n) is 12.3. The quantitative estimate of drug-likeness (QED) is 0.625. The first kappa shape index (κ1) is 23.5. The van der Waals surface area contributed by atoms with Crippen LogP contribution in [0.5, 0.6) is 0 Å². The van der Waals surface area contributed by atoms with E-state index in [9.17, 15) is 9.59 Å². The van der Waals surface area contributed by atoms with Crippen LogP contribution in [0, 0.1) is 37.5 Å². The van der Waals surface area contributed by atoms with Crippen LogP contribution in [-0.4, -0.2) is 61.2 Å². The number of pyridine rings is 1. The van der Waals surface area contributed by atoms with Crippen LogP contribution >= 0.6 is 0 Å². The van der Waals surface area contributed by atoms with E-state index in [1.807, 2.05) is 19.9 Å². The minimum Gasteiger partial charge on any atom is -0.381 e. The summed E-state index contributed by atoms with van der Waals surface area (Å²) in [7, 11) is 2.25. The molecule has 0 aromatic carbocycles. The number of amides is 1. The van der Waals surface area contributed by atoms with Gasteiger partial charge in [0.15, 0.2) is 0 Å². The SMILES string of the molecule is Cc1cc(C)c(CNC(=O)C2CC(C3CNC3)CC(N(C)C3CCOCC3)C2C)c(=O)[nH]1. The number of nitrogens with one attached hydrogen (secondary N) is 3. The minimum absolute atomic E-state index is 0.0218. The molecule has 7 heteroatoms. The highest BCUT2D eigenvalue weighted by molar-refractivity contribution is 5.79. The number of rotatable bonds is 6. The van der Waals surface area contributed by atoms with Gasteiger partial charge in [-0.15, -0.1) is 0 Å². The van der Waals surface area contributed by atoms with Crippen molar-refractivity contribution in [2.45, 2.75) is 65.1 Å². The molecule has 3 fully saturated rings. The standard InChI is InChI=1S/C25H40N4O3/c1-15-9-16(2)28-25(31)22(15)14-27-24(30)21-10-18(19-12-26-13-19)11-23(17(21)3)29(4)20-5-7-32-8-6-20/h9,17-21,23,26H,5-8,10-14H2,1-4H3,(H,27,30)(H,28,31). The highest BCUT2D eigenvalue weighted by Crippen LogP contribution is 2.41. The lowest BCUT2D eigenvalue weighted by molar-refractivity contribution is -0.131. The number of nitrogens with zero attached hydrogens (tertiary/aromatic N) is 1. The number of aromatic nitrogens is 1. The molecule has 3 heterocycles. The van der Waals surface area contributed by atoms with Gasteiger partial charge in [0, 0.05) is 49.0 Å². The molecular formula is C25H40N4O3. The molecule has 32 heavy (non-hydrogen) atoms. The smallest absolute Gasteiger partial charge is 0.253 e. The summed E-state index contributed by atoms with van der Waals surface area (Å²) in [5.41, 5.74) is 2.33. The molecule has 0 radical (unpaired) electrons. The van der Waals surface area contributed by atoms with Crippen molar-refractivity contribution in [2.24, 2.45) is 23.7 Å². The van der Waals surface area contributed by atoms with Crippen molar-refractivity contribution in [3.63, 3.8) is 0 Å². The Morgan fingerprint density at radius 3 is 2.53 bits per heavy atom. The van der Waals surface area contributed by atoms with Gasteiger partial charge in [-0.2, -0.15) is 0 Å². The lowest BCUT2D eigenvalue weighted by atomic mass is 9.66. The Bertz CT molecular complexity index is 859. The number of carbonyl (C=O) groups is 1. The number of H-pyrrole nitrogens is 1. The Labute approximate surface area is 191 Å². The molecular weight excluding hydrogens is 404 g/mol. The lowest BCUT2D eigenvalue weighted by Gasteiger charge is -2.49. The molecule has 2 aliphatic heterocycles. The van der Waals surface area contributed by atoms with Gasteiger partial charge in [-0.1, -0.05) is 6.92 Å². The van der Waals surface area contributed by atoms with Gasteiger partial charge in [0.05, 0.1) is 0 Å². The molecule has 3 N–H and O–H groups in total. The predicted molar refractivity (Wildman–Crippen MR) is 126 cm³/mol. The zero-order chi connectivity index (χ0) is 22.8. The van der Waals surface area contributed by atoms with Crippen molar-refractivity contribution in [2.75, 3.05) is 33.4 Å². The van der Waals surface area contributed by atoms with E-state index >= 15 is 0 Å². The molecule has 4 unspecified atom stereocenters. The van der Waals surface area contributed by atoms with Crippen molar-refractivity contribution >= 4 is 5.91 Å². The molecule has 4 atom stereocenters. The van der Waals surface area contributed by atoms with Crippen LogP contribution in [0.25, 0.3) is 0 Å². The monoisotopic (exact) mass is 444 g/mol. The molecule has 1 amide bonds. The third-order valence-electron chi connectivity index (χ3n) is 8.38. The van der Waals surface area contributed by atoms with Crippen LogP contribution in [0.3, 0.4) is 0 Å². The van der Waals surface area contributed by atoms with Crippen LogP contribution in [-0.2, 0) is 16.1 Å². The maximum absolute atomic E-state index is 13.4. The maximum Gasteiger partial charge on any atom is 0.253 e. The van der Waals surface area contributed by atoms with Crippen LogP contribution in [0.15, 0.2) is 10.9 Å². The number of ether oxygens (including phenoxy) is 1. The van der Waals surface area contributed by atoms with Crippen LogP contribution in [0.2, 0.25) is 0 Å². The van der Waals surface area contributed by atoms with Gasteiger partial charge in [-0.3, -0.25) is 14.5 Å². The second-order valence-electron chi connectivity index (χ2n) is 10.4. The number of carbonyl (C=O) groups excluding carboxylic acids is 1. The van der Waals surface area contributed by atoms with E-state index in [1.165, 1.54) is 6.42 Å². The lowest BCUT2D eigenvalue weighted by Crippen LogP contribution is -2.56. The third kappa shape index (κ3) is 4.95. The summed E-state index contributed by atoms with van der Waals surface area (Å²) in [6.45, 7) is 10.2. The summed E-state index contributed by atoms with van der Waals surface area (Å²) in [4.78, 5) is 31.2. The molecule has 1 saturated carbocycles. The van der Waals surface area contributed by atoms with E-state index in [-0.39, 0.29) is 23.3 Å². The Morgan fingerprint density at radius 2 is 1.91 bits per heavy atom. The molecule has 7 nitrogen and oxygen atoms in total. The van der Waals surface area contributed by atoms with Gasteiger partial charge in [0.1, 0.15) is 0 Å². The molecule has 1 aromatic heterocycles. The maximum atomic E-state index is 13.4. The Morgan fingerprint density at radius 1 is 1.19 bits per heavy atom. The number of hydrogen-bond acceptors (Lipinski definition) is 5. The van der Waals surface area contributed by atoms with Crippen LogP contribution in [0.4, 0.5) is 0 Å². The molecule has 2 saturated heterocycles. The molecule has 178 valence electrons. The second-order valence-corrected chi connectivity index (χ2v) is 10.4. The summed E-state index contributed by atoms with van der Waals surface area (Å²) in [6.07, 6.45) is 4.26. The van der Waals surface area contributed by atoms with E-state index in [4.69, 9.17) is 4.74 Å². The fourth-order valence-corrected chi connectivity index (χ4v) is 6.11. The Hall–Kier alpha value is -1.70. The third-order valence-corrected chi connectivity index (χ3v) is 8.38. The zero-order valence-corrected chi connectivity index (χ0v) is 20.1. The first-order chi connectivity index (χ1) is 15.3. The summed E-state index contributed by atoms with van der Waals surface area (Å²) in [6, 6.07) is 2.90. The van der Waals surface area contributed by atoms with Gasteiger partial charge in [-0.25, -0.2) is 0 Å². The van der Waals surface area contributed by atoms with Crippen LogP contribution in [0.1, 0.15) is 49.4 Å². The van der Waals surface area contributed by atoms with Crippen molar-refractivity contribution in [3.05, 3.63) is 33.2 Å². The number of hydrogen-bond donors (Lipinski definition) is 3. The van der Waals surface area contributed by atoms with Gasteiger partial charge in [-0.05, 0) is 89.1 Å². The molecule has 3 aliphatic rings. The zero-order valence-electron chi connectivity index (χ0n) is 20.1. The van der Waals surface area contributed by atoms with Crippen molar-refractivity contribution in [3.8, 4) is 0 Å². The Balaban J connectivity index is 1.47. The van der Waals surface area contributed by atoms with Crippen molar-refractivity contribution in [1.29, 1.82) is 0 Å². The molecule has 0 spiro atoms. The van der Waals surface area contributed by atoms with Gasteiger partial charge in [0.25, 0.3) is 5.56 Å². The van der Waals surface area contributed by atoms with Gasteiger partial charge < -0.3 is 20.4 Å². The van der Waals surface area contributed by atoms with E-state index in [0.29, 0.717) is 36.0 Å². The normalized spacial score (nSPS) is 29.7. The second kappa shape index (κ2) is 10.1. The predicted octanol–water partition coefficient (Wildman–Crippen LogP) is 1.97. The summed E-state index contributed by atoms with van der Waals surface area (Å²) in [5.74, 6) is 1.60. The number of aromatic amines is 1. The van der Waals surface area contributed by atoms with Crippen LogP contribution < -0.4 is 16.2 Å².